The second-order valence-electron chi connectivity index (χ2n) is 7.05. The molecule has 1 aliphatic heterocycles. The van der Waals surface area contributed by atoms with Crippen LogP contribution < -0.4 is 10.6 Å². The molecule has 2 aromatic carbocycles. The van der Waals surface area contributed by atoms with Gasteiger partial charge in [0.2, 0.25) is 11.8 Å². The number of nitrogens with one attached hydrogen (secondary N) is 2. The van der Waals surface area contributed by atoms with Crippen molar-refractivity contribution in [2.45, 2.75) is 38.1 Å². The summed E-state index contributed by atoms with van der Waals surface area (Å²) in [5.41, 5.74) is 3.56. The first-order valence-corrected chi connectivity index (χ1v) is 9.07. The lowest BCUT2D eigenvalue weighted by Crippen LogP contribution is -2.32. The maximum atomic E-state index is 13.8. The van der Waals surface area contributed by atoms with Crippen LogP contribution in [0.2, 0.25) is 0 Å². The summed E-state index contributed by atoms with van der Waals surface area (Å²) in [6.07, 6.45) is 2.83. The van der Waals surface area contributed by atoms with Crippen LogP contribution in [-0.4, -0.2) is 11.8 Å². The fraction of sp³-hybridized carbons (Fsp3) is 0.333. The summed E-state index contributed by atoms with van der Waals surface area (Å²) in [6, 6.07) is 12.6. The third-order valence-electron chi connectivity index (χ3n) is 5.38. The van der Waals surface area contributed by atoms with Crippen LogP contribution in [0, 0.1) is 11.7 Å². The van der Waals surface area contributed by atoms with E-state index in [1.807, 2.05) is 30.3 Å². The fourth-order valence-corrected chi connectivity index (χ4v) is 3.98. The highest BCUT2D eigenvalue weighted by atomic mass is 19.1. The van der Waals surface area contributed by atoms with Crippen LogP contribution in [0.5, 0.6) is 0 Å². The number of hydrogen-bond donors (Lipinski definition) is 2. The summed E-state index contributed by atoms with van der Waals surface area (Å²) < 4.78 is 13.8. The van der Waals surface area contributed by atoms with Crippen molar-refractivity contribution in [3.8, 4) is 0 Å². The van der Waals surface area contributed by atoms with Gasteiger partial charge in [-0.15, -0.1) is 0 Å². The lowest BCUT2D eigenvalue weighted by atomic mass is 9.89. The van der Waals surface area contributed by atoms with Crippen LogP contribution >= 0.6 is 0 Å². The van der Waals surface area contributed by atoms with Gasteiger partial charge >= 0.3 is 0 Å². The molecule has 5 heteroatoms. The first-order valence-electron chi connectivity index (χ1n) is 9.07. The Labute approximate surface area is 151 Å². The molecule has 2 atom stereocenters. The number of carbonyl (C=O) groups excluding carboxylic acids is 2. The molecule has 4 nitrogen and oxygen atoms in total. The molecule has 2 unspecified atom stereocenters. The van der Waals surface area contributed by atoms with E-state index in [9.17, 15) is 14.0 Å². The van der Waals surface area contributed by atoms with Gasteiger partial charge in [-0.3, -0.25) is 9.59 Å². The van der Waals surface area contributed by atoms with Crippen molar-refractivity contribution < 1.29 is 14.0 Å². The lowest BCUT2D eigenvalue weighted by molar-refractivity contribution is -0.123. The molecule has 1 aliphatic carbocycles. The zero-order chi connectivity index (χ0) is 18.1. The molecule has 134 valence electrons. The minimum Gasteiger partial charge on any atom is -0.349 e. The van der Waals surface area contributed by atoms with Gasteiger partial charge in [-0.2, -0.15) is 0 Å². The fourth-order valence-electron chi connectivity index (χ4n) is 3.98. The standard InChI is InChI=1S/C21H21FN2O2/c22-17-6-3-5-16-15(17)9-10-19(16)23-20(25)11-8-14-12-13-4-1-2-7-18(13)24-21(14)26/h1-7,14,19H,8-12H2,(H,23,25)(H,24,26). The molecular formula is C21H21FN2O2. The second-order valence-corrected chi connectivity index (χ2v) is 7.05. The highest BCUT2D eigenvalue weighted by Gasteiger charge is 2.28. The number of para-hydroxylation sites is 1. The molecule has 2 amide bonds. The average Bonchev–Trinajstić information content (AvgIpc) is 3.04. The second kappa shape index (κ2) is 6.90. The van der Waals surface area contributed by atoms with E-state index in [1.165, 1.54) is 6.07 Å². The molecule has 26 heavy (non-hydrogen) atoms. The summed E-state index contributed by atoms with van der Waals surface area (Å²) >= 11 is 0. The van der Waals surface area contributed by atoms with Gasteiger partial charge in [-0.1, -0.05) is 30.3 Å². The smallest absolute Gasteiger partial charge is 0.227 e. The molecule has 2 aliphatic rings. The lowest BCUT2D eigenvalue weighted by Gasteiger charge is -2.24. The topological polar surface area (TPSA) is 58.2 Å². The van der Waals surface area contributed by atoms with Crippen molar-refractivity contribution in [2.24, 2.45) is 5.92 Å². The van der Waals surface area contributed by atoms with Gasteiger partial charge in [0.1, 0.15) is 5.82 Å². The summed E-state index contributed by atoms with van der Waals surface area (Å²) in [5, 5.41) is 5.91. The van der Waals surface area contributed by atoms with Gasteiger partial charge in [0.15, 0.2) is 0 Å². The van der Waals surface area contributed by atoms with E-state index in [1.54, 1.807) is 6.07 Å². The molecule has 1 heterocycles. The van der Waals surface area contributed by atoms with Crippen molar-refractivity contribution in [1.82, 2.24) is 5.32 Å². The first-order chi connectivity index (χ1) is 12.6. The van der Waals surface area contributed by atoms with Crippen LogP contribution in [0.4, 0.5) is 10.1 Å². The number of halogens is 1. The highest BCUT2D eigenvalue weighted by Crippen LogP contribution is 2.33. The quantitative estimate of drug-likeness (QED) is 0.884. The Morgan fingerprint density at radius 3 is 2.92 bits per heavy atom. The maximum absolute atomic E-state index is 13.8. The zero-order valence-electron chi connectivity index (χ0n) is 14.4. The van der Waals surface area contributed by atoms with Gasteiger partial charge in [-0.25, -0.2) is 4.39 Å². The maximum Gasteiger partial charge on any atom is 0.227 e. The van der Waals surface area contributed by atoms with Gasteiger partial charge < -0.3 is 10.6 Å². The molecule has 0 aromatic heterocycles. The normalized spacial score (nSPS) is 20.9. The molecule has 0 radical (unpaired) electrons. The van der Waals surface area contributed by atoms with Crippen molar-refractivity contribution in [3.63, 3.8) is 0 Å². The van der Waals surface area contributed by atoms with E-state index >= 15 is 0 Å². The number of carbonyl (C=O) groups is 2. The number of amides is 2. The molecule has 0 bridgehead atoms. The first kappa shape index (κ1) is 16.8. The summed E-state index contributed by atoms with van der Waals surface area (Å²) in [5.74, 6) is -0.496. The van der Waals surface area contributed by atoms with E-state index in [2.05, 4.69) is 10.6 Å². The molecule has 0 spiro atoms. The van der Waals surface area contributed by atoms with Crippen LogP contribution in [0.25, 0.3) is 0 Å². The molecule has 4 rings (SSSR count). The largest absolute Gasteiger partial charge is 0.349 e. The molecule has 0 saturated carbocycles. The summed E-state index contributed by atoms with van der Waals surface area (Å²) in [6.45, 7) is 0. The number of hydrogen-bond acceptors (Lipinski definition) is 2. The number of rotatable bonds is 4. The number of anilines is 1. The summed E-state index contributed by atoms with van der Waals surface area (Å²) in [4.78, 5) is 24.6. The Balaban J connectivity index is 1.34. The van der Waals surface area contributed by atoms with Gasteiger partial charge in [-0.05, 0) is 54.5 Å². The third kappa shape index (κ3) is 3.21. The van der Waals surface area contributed by atoms with Crippen LogP contribution in [0.15, 0.2) is 42.5 Å². The monoisotopic (exact) mass is 352 g/mol. The summed E-state index contributed by atoms with van der Waals surface area (Å²) in [7, 11) is 0. The molecule has 2 aromatic rings. The third-order valence-corrected chi connectivity index (χ3v) is 5.38. The highest BCUT2D eigenvalue weighted by molar-refractivity contribution is 5.96. The van der Waals surface area contributed by atoms with Crippen molar-refractivity contribution in [2.75, 3.05) is 5.32 Å². The van der Waals surface area contributed by atoms with Crippen LogP contribution in [0.3, 0.4) is 0 Å². The molecular weight excluding hydrogens is 331 g/mol. The Hall–Kier alpha value is -2.69. The predicted octanol–water partition coefficient (Wildman–Crippen LogP) is 3.52. The van der Waals surface area contributed by atoms with Crippen molar-refractivity contribution >= 4 is 17.5 Å². The Morgan fingerprint density at radius 2 is 2.04 bits per heavy atom. The van der Waals surface area contributed by atoms with Crippen molar-refractivity contribution in [3.05, 3.63) is 65.0 Å². The zero-order valence-corrected chi connectivity index (χ0v) is 14.4. The minimum atomic E-state index is -0.197. The van der Waals surface area contributed by atoms with E-state index < -0.39 is 0 Å². The number of benzene rings is 2. The Bertz CT molecular complexity index is 865. The average molecular weight is 352 g/mol. The minimum absolute atomic E-state index is 0.0233. The Kier molecular flexibility index (Phi) is 4.45. The molecule has 0 saturated heterocycles. The van der Waals surface area contributed by atoms with Gasteiger partial charge in [0, 0.05) is 18.0 Å². The van der Waals surface area contributed by atoms with Gasteiger partial charge in [0.25, 0.3) is 0 Å². The van der Waals surface area contributed by atoms with E-state index in [-0.39, 0.29) is 29.6 Å². The van der Waals surface area contributed by atoms with Crippen molar-refractivity contribution in [1.29, 1.82) is 0 Å². The van der Waals surface area contributed by atoms with E-state index in [4.69, 9.17) is 0 Å². The van der Waals surface area contributed by atoms with Gasteiger partial charge in [0.05, 0.1) is 6.04 Å². The molecule has 0 fully saturated rings. The number of fused-ring (bicyclic) bond motifs is 2. The predicted molar refractivity (Wildman–Crippen MR) is 97.1 cm³/mol. The Morgan fingerprint density at radius 1 is 1.19 bits per heavy atom. The van der Waals surface area contributed by atoms with E-state index in [0.717, 1.165) is 23.2 Å². The van der Waals surface area contributed by atoms with Crippen LogP contribution in [-0.2, 0) is 22.4 Å². The SMILES string of the molecule is O=C(CCC1Cc2ccccc2NC1=O)NC1CCc2c(F)cccc21. The molecule has 2 N–H and O–H groups in total. The van der Waals surface area contributed by atoms with Crippen LogP contribution in [0.1, 0.15) is 42.0 Å². The van der Waals surface area contributed by atoms with E-state index in [0.29, 0.717) is 31.2 Å².